The number of benzene rings is 1. The Morgan fingerprint density at radius 3 is 2.67 bits per heavy atom. The van der Waals surface area contributed by atoms with Crippen LogP contribution in [0.25, 0.3) is 0 Å². The number of hydrogen-bond acceptors (Lipinski definition) is 2. The van der Waals surface area contributed by atoms with E-state index in [-0.39, 0.29) is 0 Å². The molecule has 1 saturated heterocycles. The van der Waals surface area contributed by atoms with E-state index in [1.165, 1.54) is 0 Å². The molecule has 1 unspecified atom stereocenters. The van der Waals surface area contributed by atoms with Crippen LogP contribution in [0, 0.1) is 11.8 Å². The van der Waals surface area contributed by atoms with E-state index in [0.717, 1.165) is 10.9 Å². The highest BCUT2D eigenvalue weighted by atomic mass is 79.9. The Kier molecular flexibility index (Phi) is 4.14. The monoisotopic (exact) mass is 331 g/mol. The van der Waals surface area contributed by atoms with Crippen molar-refractivity contribution < 1.29 is 8.42 Å². The third kappa shape index (κ3) is 2.78. The maximum atomic E-state index is 12.5. The number of sulfonamides is 1. The Balaban J connectivity index is 2.23. The van der Waals surface area contributed by atoms with Gasteiger partial charge in [-0.15, -0.1) is 0 Å². The molecular formula is C13H18BrNO2S. The van der Waals surface area contributed by atoms with Crippen LogP contribution < -0.4 is 0 Å². The van der Waals surface area contributed by atoms with Gasteiger partial charge in [0.1, 0.15) is 0 Å². The van der Waals surface area contributed by atoms with Gasteiger partial charge in [-0.25, -0.2) is 8.42 Å². The zero-order valence-corrected chi connectivity index (χ0v) is 13.0. The molecule has 0 amide bonds. The highest BCUT2D eigenvalue weighted by molar-refractivity contribution is 9.10. The van der Waals surface area contributed by atoms with E-state index >= 15 is 0 Å². The van der Waals surface area contributed by atoms with Crippen LogP contribution >= 0.6 is 15.9 Å². The number of halogens is 1. The molecule has 0 radical (unpaired) electrons. The minimum Gasteiger partial charge on any atom is -0.207 e. The van der Waals surface area contributed by atoms with E-state index in [0.29, 0.717) is 29.8 Å². The van der Waals surface area contributed by atoms with Gasteiger partial charge in [0.2, 0.25) is 10.0 Å². The molecule has 18 heavy (non-hydrogen) atoms. The number of hydrogen-bond donors (Lipinski definition) is 0. The molecule has 1 aliphatic heterocycles. The Hall–Kier alpha value is -0.390. The lowest BCUT2D eigenvalue weighted by molar-refractivity contribution is 0.388. The minimum atomic E-state index is -3.32. The average Bonchev–Trinajstić information content (AvgIpc) is 2.79. The maximum Gasteiger partial charge on any atom is 0.243 e. The molecule has 1 heterocycles. The SMILES string of the molecule is CC(C)C1CCN(S(=O)(=O)c2cccc(Br)c2)C1. The molecule has 1 aliphatic rings. The van der Waals surface area contributed by atoms with Crippen LogP contribution in [0.5, 0.6) is 0 Å². The van der Waals surface area contributed by atoms with Crippen molar-refractivity contribution >= 4 is 26.0 Å². The Morgan fingerprint density at radius 2 is 2.11 bits per heavy atom. The molecule has 0 bridgehead atoms. The fraction of sp³-hybridized carbons (Fsp3) is 0.538. The van der Waals surface area contributed by atoms with Gasteiger partial charge in [-0.1, -0.05) is 35.8 Å². The van der Waals surface area contributed by atoms with Crippen molar-refractivity contribution in [1.29, 1.82) is 0 Å². The maximum absolute atomic E-state index is 12.5. The Labute approximate surface area is 117 Å². The fourth-order valence-corrected chi connectivity index (χ4v) is 4.40. The summed E-state index contributed by atoms with van der Waals surface area (Å²) in [4.78, 5) is 0.376. The van der Waals surface area contributed by atoms with Crippen LogP contribution in [0.3, 0.4) is 0 Å². The van der Waals surface area contributed by atoms with Crippen molar-refractivity contribution in [3.8, 4) is 0 Å². The quantitative estimate of drug-likeness (QED) is 0.853. The molecule has 2 rings (SSSR count). The van der Waals surface area contributed by atoms with Crippen molar-refractivity contribution in [2.24, 2.45) is 11.8 Å². The average molecular weight is 332 g/mol. The van der Waals surface area contributed by atoms with Crippen molar-refractivity contribution in [2.75, 3.05) is 13.1 Å². The second kappa shape index (κ2) is 5.31. The summed E-state index contributed by atoms with van der Waals surface area (Å²) in [6.45, 7) is 5.59. The molecule has 0 spiro atoms. The lowest BCUT2D eigenvalue weighted by atomic mass is 9.96. The van der Waals surface area contributed by atoms with E-state index in [2.05, 4.69) is 29.8 Å². The second-order valence-corrected chi connectivity index (χ2v) is 7.97. The summed E-state index contributed by atoms with van der Waals surface area (Å²) >= 11 is 3.32. The molecule has 100 valence electrons. The molecule has 1 aromatic carbocycles. The van der Waals surface area contributed by atoms with Crippen LogP contribution in [0.1, 0.15) is 20.3 Å². The molecule has 0 aromatic heterocycles. The zero-order chi connectivity index (χ0) is 13.3. The van der Waals surface area contributed by atoms with Gasteiger partial charge in [0.15, 0.2) is 0 Å². The molecule has 0 saturated carbocycles. The van der Waals surface area contributed by atoms with Crippen LogP contribution in [0.4, 0.5) is 0 Å². The third-order valence-electron chi connectivity index (χ3n) is 3.56. The van der Waals surface area contributed by atoms with Gasteiger partial charge in [0.25, 0.3) is 0 Å². The molecule has 1 fully saturated rings. The second-order valence-electron chi connectivity index (χ2n) is 5.11. The highest BCUT2D eigenvalue weighted by Gasteiger charge is 2.33. The van der Waals surface area contributed by atoms with Crippen molar-refractivity contribution in [2.45, 2.75) is 25.2 Å². The van der Waals surface area contributed by atoms with Gasteiger partial charge in [-0.05, 0) is 36.5 Å². The number of nitrogens with zero attached hydrogens (tertiary/aromatic N) is 1. The summed E-state index contributed by atoms with van der Waals surface area (Å²) in [5, 5.41) is 0. The van der Waals surface area contributed by atoms with Crippen LogP contribution in [0.15, 0.2) is 33.6 Å². The Morgan fingerprint density at radius 1 is 1.39 bits per heavy atom. The molecule has 1 aromatic rings. The summed E-state index contributed by atoms with van der Waals surface area (Å²) in [6, 6.07) is 6.91. The van der Waals surface area contributed by atoms with Crippen LogP contribution in [-0.2, 0) is 10.0 Å². The van der Waals surface area contributed by atoms with Gasteiger partial charge in [-0.3, -0.25) is 0 Å². The van der Waals surface area contributed by atoms with Gasteiger partial charge in [0, 0.05) is 17.6 Å². The predicted molar refractivity (Wildman–Crippen MR) is 75.8 cm³/mol. The first kappa shape index (κ1) is 14.0. The molecule has 5 heteroatoms. The van der Waals surface area contributed by atoms with Crippen LogP contribution in [-0.4, -0.2) is 25.8 Å². The molecule has 0 N–H and O–H groups in total. The predicted octanol–water partition coefficient (Wildman–Crippen LogP) is 3.12. The lowest BCUT2D eigenvalue weighted by Gasteiger charge is -2.18. The van der Waals surface area contributed by atoms with Gasteiger partial charge in [-0.2, -0.15) is 4.31 Å². The number of rotatable bonds is 3. The summed E-state index contributed by atoms with van der Waals surface area (Å²) in [7, 11) is -3.32. The van der Waals surface area contributed by atoms with Gasteiger partial charge in [0.05, 0.1) is 4.90 Å². The van der Waals surface area contributed by atoms with Crippen LogP contribution in [0.2, 0.25) is 0 Å². The highest BCUT2D eigenvalue weighted by Crippen LogP contribution is 2.29. The smallest absolute Gasteiger partial charge is 0.207 e. The lowest BCUT2D eigenvalue weighted by Crippen LogP contribution is -2.29. The fourth-order valence-electron chi connectivity index (χ4n) is 2.29. The van der Waals surface area contributed by atoms with E-state index in [9.17, 15) is 8.42 Å². The largest absolute Gasteiger partial charge is 0.243 e. The van der Waals surface area contributed by atoms with E-state index in [1.807, 2.05) is 6.07 Å². The summed E-state index contributed by atoms with van der Waals surface area (Å²) in [5.41, 5.74) is 0. The third-order valence-corrected chi connectivity index (χ3v) is 5.92. The van der Waals surface area contributed by atoms with E-state index in [1.54, 1.807) is 22.5 Å². The summed E-state index contributed by atoms with van der Waals surface area (Å²) < 4.78 is 27.3. The Bertz CT molecular complexity index is 528. The van der Waals surface area contributed by atoms with Crippen molar-refractivity contribution in [1.82, 2.24) is 4.31 Å². The normalized spacial score (nSPS) is 21.7. The first-order valence-electron chi connectivity index (χ1n) is 6.17. The molecule has 0 aliphatic carbocycles. The molecule has 3 nitrogen and oxygen atoms in total. The molecule has 1 atom stereocenters. The zero-order valence-electron chi connectivity index (χ0n) is 10.6. The van der Waals surface area contributed by atoms with E-state index in [4.69, 9.17) is 0 Å². The molecular weight excluding hydrogens is 314 g/mol. The summed E-state index contributed by atoms with van der Waals surface area (Å²) in [5.74, 6) is 1.01. The topological polar surface area (TPSA) is 37.4 Å². The first-order chi connectivity index (χ1) is 8.41. The first-order valence-corrected chi connectivity index (χ1v) is 8.40. The summed E-state index contributed by atoms with van der Waals surface area (Å²) in [6.07, 6.45) is 0.963. The van der Waals surface area contributed by atoms with Crippen molar-refractivity contribution in [3.05, 3.63) is 28.7 Å². The minimum absolute atomic E-state index is 0.376. The van der Waals surface area contributed by atoms with E-state index < -0.39 is 10.0 Å². The van der Waals surface area contributed by atoms with Gasteiger partial charge >= 0.3 is 0 Å². The van der Waals surface area contributed by atoms with Crippen molar-refractivity contribution in [3.63, 3.8) is 0 Å². The standard InChI is InChI=1S/C13H18BrNO2S/c1-10(2)11-6-7-15(9-11)18(16,17)13-5-3-4-12(14)8-13/h3-5,8,10-11H,6-7,9H2,1-2H3. The van der Waals surface area contributed by atoms with Gasteiger partial charge < -0.3 is 0 Å².